The number of anilines is 1. The topological polar surface area (TPSA) is 119 Å². The molecule has 0 amide bonds. The Morgan fingerprint density at radius 2 is 2.18 bits per heavy atom. The predicted octanol–water partition coefficient (Wildman–Crippen LogP) is 0.464. The van der Waals surface area contributed by atoms with E-state index in [9.17, 15) is 10.2 Å². The van der Waals surface area contributed by atoms with Crippen molar-refractivity contribution in [3.8, 4) is 0 Å². The molecule has 1 fully saturated rings. The maximum atomic E-state index is 10.5. The quantitative estimate of drug-likeness (QED) is 0.750. The Balaban J connectivity index is 1.92. The third-order valence-corrected chi connectivity index (χ3v) is 4.27. The first kappa shape index (κ1) is 15.1. The summed E-state index contributed by atoms with van der Waals surface area (Å²) in [6.07, 6.45) is 1.94. The Bertz CT molecular complexity index is 661. The highest BCUT2D eigenvalue weighted by atomic mass is 16.5. The molecule has 4 N–H and O–H groups in total. The highest BCUT2D eigenvalue weighted by molar-refractivity contribution is 5.81. The van der Waals surface area contributed by atoms with Gasteiger partial charge in [-0.05, 0) is 6.42 Å². The molecule has 8 heteroatoms. The number of ether oxygens (including phenoxy) is 1. The van der Waals surface area contributed by atoms with Crippen molar-refractivity contribution in [1.29, 1.82) is 0 Å². The molecule has 0 saturated carbocycles. The molecule has 120 valence electrons. The van der Waals surface area contributed by atoms with Gasteiger partial charge in [0, 0.05) is 5.92 Å². The van der Waals surface area contributed by atoms with Gasteiger partial charge in [-0.15, -0.1) is 0 Å². The second-order valence-electron chi connectivity index (χ2n) is 5.78. The second-order valence-corrected chi connectivity index (χ2v) is 5.78. The van der Waals surface area contributed by atoms with Gasteiger partial charge >= 0.3 is 0 Å². The molecule has 5 atom stereocenters. The minimum absolute atomic E-state index is 0.191. The van der Waals surface area contributed by atoms with Crippen molar-refractivity contribution < 1.29 is 14.9 Å². The zero-order valence-corrected chi connectivity index (χ0v) is 12.6. The van der Waals surface area contributed by atoms with Crippen molar-refractivity contribution in [2.45, 2.75) is 51.2 Å². The van der Waals surface area contributed by atoms with Crippen LogP contribution in [0.25, 0.3) is 11.2 Å². The van der Waals surface area contributed by atoms with Crippen LogP contribution < -0.4 is 5.73 Å². The number of aliphatic hydroxyl groups excluding tert-OH is 2. The second kappa shape index (κ2) is 5.79. The summed E-state index contributed by atoms with van der Waals surface area (Å²) >= 11 is 0. The summed E-state index contributed by atoms with van der Waals surface area (Å²) in [5.74, 6) is 0.0926. The highest BCUT2D eigenvalue weighted by Gasteiger charge is 2.45. The summed E-state index contributed by atoms with van der Waals surface area (Å²) in [6, 6.07) is 0. The standard InChI is InChI=1S/C14H21N5O3/c1-3-4-8(20)11-7(2)10(21)14(22-11)19-6-18-9-12(15)16-5-17-13(9)19/h5-8,10-11,14,20-21H,3-4H2,1-2H3,(H2,15,16,17). The number of aromatic nitrogens is 4. The van der Waals surface area contributed by atoms with Crippen LogP contribution in [0.3, 0.4) is 0 Å². The first-order valence-corrected chi connectivity index (χ1v) is 7.49. The van der Waals surface area contributed by atoms with E-state index in [1.54, 1.807) is 4.57 Å². The van der Waals surface area contributed by atoms with Gasteiger partial charge in [0.2, 0.25) is 0 Å². The van der Waals surface area contributed by atoms with Gasteiger partial charge in [0.05, 0.1) is 18.5 Å². The molecule has 8 nitrogen and oxygen atoms in total. The molecule has 5 unspecified atom stereocenters. The van der Waals surface area contributed by atoms with E-state index in [1.165, 1.54) is 12.7 Å². The van der Waals surface area contributed by atoms with E-state index in [-0.39, 0.29) is 11.7 Å². The first-order chi connectivity index (χ1) is 10.5. The molecule has 1 aliphatic rings. The molecule has 3 heterocycles. The lowest BCUT2D eigenvalue weighted by molar-refractivity contribution is -0.0783. The molecule has 0 spiro atoms. The van der Waals surface area contributed by atoms with Gasteiger partial charge in [-0.25, -0.2) is 15.0 Å². The molecule has 0 aromatic carbocycles. The van der Waals surface area contributed by atoms with Gasteiger partial charge in [0.15, 0.2) is 17.7 Å². The number of imidazole rings is 1. The van der Waals surface area contributed by atoms with Crippen molar-refractivity contribution in [3.63, 3.8) is 0 Å². The Kier molecular flexibility index (Phi) is 3.98. The zero-order valence-electron chi connectivity index (χ0n) is 12.6. The molecular formula is C14H21N5O3. The number of hydrogen-bond acceptors (Lipinski definition) is 7. The summed E-state index contributed by atoms with van der Waals surface area (Å²) in [4.78, 5) is 12.3. The van der Waals surface area contributed by atoms with Crippen LogP contribution in [-0.4, -0.2) is 48.0 Å². The normalized spacial score (nSPS) is 30.0. The van der Waals surface area contributed by atoms with Crippen LogP contribution in [0, 0.1) is 5.92 Å². The Hall–Kier alpha value is -1.77. The summed E-state index contributed by atoms with van der Waals surface area (Å²) in [7, 11) is 0. The van der Waals surface area contributed by atoms with Crippen LogP contribution in [0.4, 0.5) is 5.82 Å². The number of nitrogen functional groups attached to an aromatic ring is 1. The third kappa shape index (κ3) is 2.33. The fourth-order valence-electron chi connectivity index (χ4n) is 3.01. The summed E-state index contributed by atoms with van der Waals surface area (Å²) in [5, 5.41) is 20.7. The van der Waals surface area contributed by atoms with E-state index in [0.29, 0.717) is 17.6 Å². The third-order valence-electron chi connectivity index (χ3n) is 4.27. The van der Waals surface area contributed by atoms with E-state index in [2.05, 4.69) is 15.0 Å². The van der Waals surface area contributed by atoms with Crippen molar-refractivity contribution in [1.82, 2.24) is 19.5 Å². The molecule has 1 aliphatic heterocycles. The number of hydrogen-bond donors (Lipinski definition) is 3. The van der Waals surface area contributed by atoms with Gasteiger partial charge in [-0.2, -0.15) is 0 Å². The molecule has 2 aromatic heterocycles. The smallest absolute Gasteiger partial charge is 0.167 e. The molecule has 3 rings (SSSR count). The molecule has 22 heavy (non-hydrogen) atoms. The van der Waals surface area contributed by atoms with Crippen LogP contribution in [0.5, 0.6) is 0 Å². The molecule has 1 saturated heterocycles. The minimum Gasteiger partial charge on any atom is -0.390 e. The maximum Gasteiger partial charge on any atom is 0.167 e. The van der Waals surface area contributed by atoms with Crippen LogP contribution in [-0.2, 0) is 4.74 Å². The molecule has 0 bridgehead atoms. The number of rotatable bonds is 4. The lowest BCUT2D eigenvalue weighted by Crippen LogP contribution is -2.32. The Morgan fingerprint density at radius 3 is 2.91 bits per heavy atom. The fraction of sp³-hybridized carbons (Fsp3) is 0.643. The van der Waals surface area contributed by atoms with Crippen LogP contribution in [0.2, 0.25) is 0 Å². The average Bonchev–Trinajstić information content (AvgIpc) is 3.03. The van der Waals surface area contributed by atoms with Gasteiger partial charge < -0.3 is 20.7 Å². The van der Waals surface area contributed by atoms with E-state index in [4.69, 9.17) is 10.5 Å². The number of nitrogens with zero attached hydrogens (tertiary/aromatic N) is 4. The average molecular weight is 307 g/mol. The summed E-state index contributed by atoms with van der Waals surface area (Å²) < 4.78 is 7.56. The molecular weight excluding hydrogens is 286 g/mol. The van der Waals surface area contributed by atoms with Crippen LogP contribution in [0.15, 0.2) is 12.7 Å². The Morgan fingerprint density at radius 1 is 1.41 bits per heavy atom. The van der Waals surface area contributed by atoms with Gasteiger partial charge in [-0.3, -0.25) is 4.57 Å². The lowest BCUT2D eigenvalue weighted by Gasteiger charge is -2.21. The van der Waals surface area contributed by atoms with Gasteiger partial charge in [-0.1, -0.05) is 20.3 Å². The molecule has 0 aliphatic carbocycles. The van der Waals surface area contributed by atoms with E-state index in [1.807, 2.05) is 13.8 Å². The zero-order chi connectivity index (χ0) is 15.9. The first-order valence-electron chi connectivity index (χ1n) is 7.49. The van der Waals surface area contributed by atoms with Crippen molar-refractivity contribution in [2.24, 2.45) is 5.92 Å². The summed E-state index contributed by atoms with van der Waals surface area (Å²) in [5.41, 5.74) is 6.76. The van der Waals surface area contributed by atoms with Crippen molar-refractivity contribution >= 4 is 17.0 Å². The highest BCUT2D eigenvalue weighted by Crippen LogP contribution is 2.37. The maximum absolute atomic E-state index is 10.5. The van der Waals surface area contributed by atoms with Crippen molar-refractivity contribution in [3.05, 3.63) is 12.7 Å². The van der Waals surface area contributed by atoms with Crippen molar-refractivity contribution in [2.75, 3.05) is 5.73 Å². The lowest BCUT2D eigenvalue weighted by atomic mass is 9.94. The van der Waals surface area contributed by atoms with Gasteiger partial charge in [0.1, 0.15) is 17.9 Å². The van der Waals surface area contributed by atoms with E-state index < -0.39 is 24.5 Å². The monoisotopic (exact) mass is 307 g/mol. The SMILES string of the molecule is CCCC(O)C1OC(n2cnc3c(N)ncnc32)C(O)C1C. The van der Waals surface area contributed by atoms with E-state index >= 15 is 0 Å². The molecule has 2 aromatic rings. The number of nitrogens with two attached hydrogens (primary N) is 1. The van der Waals surface area contributed by atoms with Crippen LogP contribution >= 0.6 is 0 Å². The van der Waals surface area contributed by atoms with Gasteiger partial charge in [0.25, 0.3) is 0 Å². The fourth-order valence-corrected chi connectivity index (χ4v) is 3.01. The molecule has 0 radical (unpaired) electrons. The number of aliphatic hydroxyl groups is 2. The number of fused-ring (bicyclic) bond motifs is 1. The minimum atomic E-state index is -0.759. The Labute approximate surface area is 128 Å². The largest absolute Gasteiger partial charge is 0.390 e. The van der Waals surface area contributed by atoms with E-state index in [0.717, 1.165) is 6.42 Å². The summed E-state index contributed by atoms with van der Waals surface area (Å²) in [6.45, 7) is 3.87. The predicted molar refractivity (Wildman–Crippen MR) is 79.7 cm³/mol. The van der Waals surface area contributed by atoms with Crippen LogP contribution in [0.1, 0.15) is 32.9 Å².